The number of amides is 1. The molecule has 0 spiro atoms. The Morgan fingerprint density at radius 2 is 1.94 bits per heavy atom. The summed E-state index contributed by atoms with van der Waals surface area (Å²) in [5, 5.41) is 23.0. The minimum atomic E-state index is -4.84. The molecule has 0 aliphatic heterocycles. The van der Waals surface area contributed by atoms with Crippen molar-refractivity contribution in [2.45, 2.75) is 19.3 Å². The number of benzene rings is 2. The van der Waals surface area contributed by atoms with Gasteiger partial charge in [0.2, 0.25) is 6.41 Å². The van der Waals surface area contributed by atoms with E-state index in [4.69, 9.17) is 0 Å². The third-order valence-electron chi connectivity index (χ3n) is 5.02. The summed E-state index contributed by atoms with van der Waals surface area (Å²) in [7, 11) is 0. The van der Waals surface area contributed by atoms with E-state index in [1.165, 1.54) is 36.7 Å². The smallest absolute Gasteiger partial charge is 0.506 e. The number of carboxylic acids is 1. The number of hydrogen-bond donors (Lipinski definition) is 3. The number of carbonyl (C=O) groups is 2. The third kappa shape index (κ3) is 4.38. The van der Waals surface area contributed by atoms with E-state index < -0.39 is 12.3 Å². The maximum absolute atomic E-state index is 12.6. The zero-order valence-corrected chi connectivity index (χ0v) is 16.8. The zero-order chi connectivity index (χ0) is 23.8. The lowest BCUT2D eigenvalue weighted by Crippen LogP contribution is -2.17. The fourth-order valence-electron chi connectivity index (χ4n) is 3.87. The van der Waals surface area contributed by atoms with Crippen LogP contribution in [0.2, 0.25) is 0 Å². The standard InChI is InChI=1S/C22H16F3N3O5/c23-22(24,25)33-14-3-1-2-12(6-14)10-28-15-5-4-13(7-18(31)32)21(27-11-29)20(15)19-16(28)8-26-9-17(19)30/h1-6,8-9,11,30H,7,10H2,(H,27,29)(H,31,32). The van der Waals surface area contributed by atoms with Crippen molar-refractivity contribution in [3.05, 3.63) is 59.9 Å². The normalized spacial score (nSPS) is 11.6. The predicted octanol–water partition coefficient (Wildman–Crippen LogP) is 4.04. The van der Waals surface area contributed by atoms with E-state index >= 15 is 0 Å². The second-order valence-electron chi connectivity index (χ2n) is 7.16. The average molecular weight is 459 g/mol. The van der Waals surface area contributed by atoms with Gasteiger partial charge >= 0.3 is 12.3 Å². The highest BCUT2D eigenvalue weighted by Crippen LogP contribution is 2.40. The Morgan fingerprint density at radius 1 is 1.15 bits per heavy atom. The predicted molar refractivity (Wildman–Crippen MR) is 112 cm³/mol. The van der Waals surface area contributed by atoms with E-state index in [1.807, 2.05) is 0 Å². The molecule has 0 bridgehead atoms. The van der Waals surface area contributed by atoms with Crippen LogP contribution < -0.4 is 10.1 Å². The molecule has 4 rings (SSSR count). The molecule has 4 aromatic rings. The summed E-state index contributed by atoms with van der Waals surface area (Å²) >= 11 is 0. The maximum atomic E-state index is 12.6. The molecule has 170 valence electrons. The lowest BCUT2D eigenvalue weighted by Gasteiger charge is -2.12. The van der Waals surface area contributed by atoms with Crippen LogP contribution in [0.4, 0.5) is 18.9 Å². The van der Waals surface area contributed by atoms with Crippen LogP contribution in [0.5, 0.6) is 11.5 Å². The van der Waals surface area contributed by atoms with Crippen LogP contribution in [-0.4, -0.2) is 38.5 Å². The molecule has 0 unspecified atom stereocenters. The summed E-state index contributed by atoms with van der Waals surface area (Å²) in [6.45, 7) is 0.0823. The Kier molecular flexibility index (Phi) is 5.54. The molecule has 0 fully saturated rings. The number of alkyl halides is 3. The molecule has 33 heavy (non-hydrogen) atoms. The molecule has 0 aliphatic rings. The van der Waals surface area contributed by atoms with Gasteiger partial charge in [0.15, 0.2) is 0 Å². The van der Waals surface area contributed by atoms with Gasteiger partial charge in [0, 0.05) is 11.9 Å². The molecule has 11 heteroatoms. The van der Waals surface area contributed by atoms with Gasteiger partial charge in [-0.15, -0.1) is 13.2 Å². The molecule has 1 amide bonds. The highest BCUT2D eigenvalue weighted by atomic mass is 19.4. The van der Waals surface area contributed by atoms with Gasteiger partial charge < -0.3 is 24.8 Å². The molecule has 8 nitrogen and oxygen atoms in total. The number of carboxylic acid groups (broad SMARTS) is 1. The largest absolute Gasteiger partial charge is 0.573 e. The number of aromatic hydroxyl groups is 1. The van der Waals surface area contributed by atoms with Crippen molar-refractivity contribution in [3.63, 3.8) is 0 Å². The van der Waals surface area contributed by atoms with E-state index in [1.54, 1.807) is 16.7 Å². The highest BCUT2D eigenvalue weighted by Gasteiger charge is 2.31. The minimum Gasteiger partial charge on any atom is -0.506 e. The molecule has 3 N–H and O–H groups in total. The van der Waals surface area contributed by atoms with Crippen LogP contribution in [0, 0.1) is 0 Å². The molecule has 0 aliphatic carbocycles. The quantitative estimate of drug-likeness (QED) is 0.360. The maximum Gasteiger partial charge on any atom is 0.573 e. The van der Waals surface area contributed by atoms with Crippen LogP contribution in [0.1, 0.15) is 11.1 Å². The average Bonchev–Trinajstić information content (AvgIpc) is 3.03. The van der Waals surface area contributed by atoms with Crippen LogP contribution in [0.25, 0.3) is 21.8 Å². The van der Waals surface area contributed by atoms with Gasteiger partial charge in [-0.25, -0.2) is 0 Å². The van der Waals surface area contributed by atoms with E-state index in [2.05, 4.69) is 15.0 Å². The Hall–Kier alpha value is -4.28. The van der Waals surface area contributed by atoms with Gasteiger partial charge in [-0.1, -0.05) is 18.2 Å². The van der Waals surface area contributed by atoms with Crippen molar-refractivity contribution in [1.29, 1.82) is 0 Å². The number of pyridine rings is 1. The lowest BCUT2D eigenvalue weighted by atomic mass is 10.0. The molecular formula is C22H16F3N3O5. The first kappa shape index (κ1) is 21.9. The number of ether oxygens (including phenoxy) is 1. The molecule has 2 heterocycles. The first-order valence-electron chi connectivity index (χ1n) is 9.55. The zero-order valence-electron chi connectivity index (χ0n) is 16.8. The number of hydrogen-bond acceptors (Lipinski definition) is 5. The molecule has 0 radical (unpaired) electrons. The fraction of sp³-hybridized carbons (Fsp3) is 0.136. The topological polar surface area (TPSA) is 114 Å². The number of aliphatic carboxylic acids is 1. The number of aromatic nitrogens is 2. The number of fused-ring (bicyclic) bond motifs is 3. The second-order valence-corrected chi connectivity index (χ2v) is 7.16. The van der Waals surface area contributed by atoms with Crippen molar-refractivity contribution < 1.29 is 37.7 Å². The Balaban J connectivity index is 1.93. The number of anilines is 1. The van der Waals surface area contributed by atoms with E-state index in [9.17, 15) is 33.0 Å². The SMILES string of the molecule is O=CNc1c(CC(=O)O)ccc2c1c1c(O)cncc1n2Cc1cccc(OC(F)(F)F)c1. The van der Waals surface area contributed by atoms with Crippen LogP contribution >= 0.6 is 0 Å². The van der Waals surface area contributed by atoms with Gasteiger partial charge in [0.25, 0.3) is 0 Å². The highest BCUT2D eigenvalue weighted by molar-refractivity contribution is 6.18. The van der Waals surface area contributed by atoms with Gasteiger partial charge in [0.05, 0.1) is 40.9 Å². The van der Waals surface area contributed by atoms with Crippen molar-refractivity contribution in [3.8, 4) is 11.5 Å². The first-order chi connectivity index (χ1) is 15.7. The van der Waals surface area contributed by atoms with Gasteiger partial charge in [-0.2, -0.15) is 0 Å². The summed E-state index contributed by atoms with van der Waals surface area (Å²) < 4.78 is 43.5. The molecule has 0 atom stereocenters. The Morgan fingerprint density at radius 3 is 2.64 bits per heavy atom. The van der Waals surface area contributed by atoms with Crippen LogP contribution in [0.15, 0.2) is 48.8 Å². The summed E-state index contributed by atoms with van der Waals surface area (Å²) in [6, 6.07) is 8.61. The van der Waals surface area contributed by atoms with Crippen LogP contribution in [0.3, 0.4) is 0 Å². The van der Waals surface area contributed by atoms with Crippen molar-refractivity contribution >= 4 is 39.9 Å². The van der Waals surface area contributed by atoms with Crippen LogP contribution in [-0.2, 0) is 22.6 Å². The minimum absolute atomic E-state index is 0.0823. The number of halogens is 3. The lowest BCUT2D eigenvalue weighted by molar-refractivity contribution is -0.274. The summed E-state index contributed by atoms with van der Waals surface area (Å²) in [4.78, 5) is 26.6. The summed E-state index contributed by atoms with van der Waals surface area (Å²) in [5.74, 6) is -1.69. The number of rotatable bonds is 7. The monoisotopic (exact) mass is 459 g/mol. The Labute approximate surface area is 183 Å². The van der Waals surface area contributed by atoms with Gasteiger partial charge in [-0.3, -0.25) is 14.6 Å². The summed E-state index contributed by atoms with van der Waals surface area (Å²) in [5.41, 5.74) is 1.95. The first-order valence-corrected chi connectivity index (χ1v) is 9.55. The molecular weight excluding hydrogens is 443 g/mol. The second kappa shape index (κ2) is 8.34. The third-order valence-corrected chi connectivity index (χ3v) is 5.02. The van der Waals surface area contributed by atoms with Crippen molar-refractivity contribution in [2.75, 3.05) is 5.32 Å². The van der Waals surface area contributed by atoms with E-state index in [-0.39, 0.29) is 30.2 Å². The van der Waals surface area contributed by atoms with E-state index in [0.29, 0.717) is 39.3 Å². The molecule has 2 aromatic heterocycles. The fourth-order valence-corrected chi connectivity index (χ4v) is 3.87. The van der Waals surface area contributed by atoms with Crippen molar-refractivity contribution in [2.24, 2.45) is 0 Å². The van der Waals surface area contributed by atoms with Gasteiger partial charge in [0.1, 0.15) is 11.5 Å². The number of nitrogens with zero attached hydrogens (tertiary/aromatic N) is 2. The van der Waals surface area contributed by atoms with Gasteiger partial charge in [-0.05, 0) is 29.3 Å². The molecule has 2 aromatic carbocycles. The van der Waals surface area contributed by atoms with Crippen molar-refractivity contribution in [1.82, 2.24) is 9.55 Å². The molecule has 0 saturated carbocycles. The number of nitrogens with one attached hydrogen (secondary N) is 1. The number of carbonyl (C=O) groups excluding carboxylic acids is 1. The Bertz CT molecular complexity index is 1380. The summed E-state index contributed by atoms with van der Waals surface area (Å²) in [6.07, 6.45) is -2.14. The molecule has 0 saturated heterocycles. The van der Waals surface area contributed by atoms with E-state index in [0.717, 1.165) is 0 Å².